The average molecular weight is 428 g/mol. The van der Waals surface area contributed by atoms with Crippen LogP contribution in [0, 0.1) is 6.92 Å². The van der Waals surface area contributed by atoms with Crippen molar-refractivity contribution in [3.05, 3.63) is 46.6 Å². The van der Waals surface area contributed by atoms with Gasteiger partial charge >= 0.3 is 0 Å². The highest BCUT2D eigenvalue weighted by atomic mass is 35.5. The first-order valence-corrected chi connectivity index (χ1v) is 11.3. The van der Waals surface area contributed by atoms with Gasteiger partial charge in [-0.3, -0.25) is 4.79 Å². The highest BCUT2D eigenvalue weighted by molar-refractivity contribution is 6.31. The summed E-state index contributed by atoms with van der Waals surface area (Å²) in [6.45, 7) is 4.94. The zero-order chi connectivity index (χ0) is 20.9. The second kappa shape index (κ2) is 9.65. The molecule has 2 aliphatic rings. The van der Waals surface area contributed by atoms with Gasteiger partial charge in [-0.15, -0.1) is 0 Å². The lowest BCUT2D eigenvalue weighted by Crippen LogP contribution is -2.49. The van der Waals surface area contributed by atoms with Crippen molar-refractivity contribution in [2.75, 3.05) is 36.4 Å². The number of halogens is 1. The number of amides is 1. The second-order valence-corrected chi connectivity index (χ2v) is 8.71. The molecule has 1 N–H and O–H groups in total. The Morgan fingerprint density at radius 2 is 1.83 bits per heavy atom. The molecule has 30 heavy (non-hydrogen) atoms. The molecule has 1 saturated carbocycles. The Kier molecular flexibility index (Phi) is 6.72. The van der Waals surface area contributed by atoms with Gasteiger partial charge in [0.05, 0.1) is 6.42 Å². The summed E-state index contributed by atoms with van der Waals surface area (Å²) in [4.78, 5) is 26.3. The van der Waals surface area contributed by atoms with Gasteiger partial charge in [0.2, 0.25) is 11.9 Å². The standard InChI is InChI=1S/C23H30ClN5O/c1-17-15-21(27-23(25-17)26-19-8-3-2-4-9-19)28-11-13-29(14-12-28)22(30)16-18-7-5-6-10-20(18)24/h5-7,10,15,19H,2-4,8-9,11-14,16H2,1H3,(H,25,26,27). The Morgan fingerprint density at radius 3 is 2.57 bits per heavy atom. The first-order valence-electron chi connectivity index (χ1n) is 11.0. The second-order valence-electron chi connectivity index (χ2n) is 8.31. The zero-order valence-electron chi connectivity index (χ0n) is 17.6. The first-order chi connectivity index (χ1) is 14.6. The third-order valence-electron chi connectivity index (χ3n) is 6.03. The quantitative estimate of drug-likeness (QED) is 0.779. The Morgan fingerprint density at radius 1 is 1.10 bits per heavy atom. The normalized spacial score (nSPS) is 17.8. The van der Waals surface area contributed by atoms with E-state index in [2.05, 4.69) is 15.2 Å². The molecular formula is C23H30ClN5O. The Bertz CT molecular complexity index is 876. The van der Waals surface area contributed by atoms with Crippen LogP contribution in [0.3, 0.4) is 0 Å². The number of aryl methyl sites for hydroxylation is 1. The van der Waals surface area contributed by atoms with Crippen LogP contribution in [0.1, 0.15) is 43.4 Å². The van der Waals surface area contributed by atoms with Crippen molar-refractivity contribution in [1.29, 1.82) is 0 Å². The van der Waals surface area contributed by atoms with Crippen LogP contribution in [0.25, 0.3) is 0 Å². The number of piperazine rings is 1. The van der Waals surface area contributed by atoms with Crippen molar-refractivity contribution in [1.82, 2.24) is 14.9 Å². The summed E-state index contributed by atoms with van der Waals surface area (Å²) < 4.78 is 0. The number of nitrogens with zero attached hydrogens (tertiary/aromatic N) is 4. The lowest BCUT2D eigenvalue weighted by Gasteiger charge is -2.35. The number of aromatic nitrogens is 2. The number of anilines is 2. The number of carbonyl (C=O) groups is 1. The fraction of sp³-hybridized carbons (Fsp3) is 0.522. The van der Waals surface area contributed by atoms with Gasteiger partial charge in [-0.25, -0.2) is 4.98 Å². The van der Waals surface area contributed by atoms with Crippen LogP contribution in [0.4, 0.5) is 11.8 Å². The molecule has 0 atom stereocenters. The highest BCUT2D eigenvalue weighted by Gasteiger charge is 2.23. The maximum absolute atomic E-state index is 12.7. The fourth-order valence-electron chi connectivity index (χ4n) is 4.31. The van der Waals surface area contributed by atoms with E-state index < -0.39 is 0 Å². The average Bonchev–Trinajstić information content (AvgIpc) is 2.76. The molecular weight excluding hydrogens is 398 g/mol. The van der Waals surface area contributed by atoms with Crippen LogP contribution in [-0.4, -0.2) is 53.0 Å². The number of nitrogens with one attached hydrogen (secondary N) is 1. The predicted molar refractivity (Wildman–Crippen MR) is 121 cm³/mol. The minimum atomic E-state index is 0.126. The molecule has 2 heterocycles. The molecule has 1 aromatic carbocycles. The third-order valence-corrected chi connectivity index (χ3v) is 6.40. The van der Waals surface area contributed by atoms with Gasteiger partial charge in [0.1, 0.15) is 5.82 Å². The van der Waals surface area contributed by atoms with Crippen molar-refractivity contribution in [2.45, 2.75) is 51.5 Å². The summed E-state index contributed by atoms with van der Waals surface area (Å²) in [7, 11) is 0. The largest absolute Gasteiger partial charge is 0.353 e. The van der Waals surface area contributed by atoms with Crippen molar-refractivity contribution in [3.63, 3.8) is 0 Å². The minimum Gasteiger partial charge on any atom is -0.353 e. The Labute approximate surface area is 183 Å². The highest BCUT2D eigenvalue weighted by Crippen LogP contribution is 2.23. The van der Waals surface area contributed by atoms with Crippen molar-refractivity contribution in [2.24, 2.45) is 0 Å². The SMILES string of the molecule is Cc1cc(N2CCN(C(=O)Cc3ccccc3Cl)CC2)nc(NC2CCCCC2)n1. The van der Waals surface area contributed by atoms with Gasteiger partial charge in [-0.2, -0.15) is 4.98 Å². The Hall–Kier alpha value is -2.34. The smallest absolute Gasteiger partial charge is 0.227 e. The summed E-state index contributed by atoms with van der Waals surface area (Å²) in [6.07, 6.45) is 6.62. The van der Waals surface area contributed by atoms with Crippen LogP contribution in [0.5, 0.6) is 0 Å². The van der Waals surface area contributed by atoms with E-state index in [9.17, 15) is 4.79 Å². The topological polar surface area (TPSA) is 61.4 Å². The summed E-state index contributed by atoms with van der Waals surface area (Å²) >= 11 is 6.21. The van der Waals surface area contributed by atoms with Crippen LogP contribution in [-0.2, 0) is 11.2 Å². The third kappa shape index (κ3) is 5.22. The lowest BCUT2D eigenvalue weighted by atomic mass is 9.96. The molecule has 1 saturated heterocycles. The fourth-order valence-corrected chi connectivity index (χ4v) is 4.51. The molecule has 1 aliphatic heterocycles. The van der Waals surface area contributed by atoms with Crippen LogP contribution in [0.2, 0.25) is 5.02 Å². The zero-order valence-corrected chi connectivity index (χ0v) is 18.4. The number of carbonyl (C=O) groups excluding carboxylic acids is 1. The maximum Gasteiger partial charge on any atom is 0.227 e. The van der Waals surface area contributed by atoms with E-state index in [1.54, 1.807) is 0 Å². The molecule has 4 rings (SSSR count). The summed E-state index contributed by atoms with van der Waals surface area (Å²) in [5.41, 5.74) is 1.85. The van der Waals surface area contributed by atoms with Crippen molar-refractivity contribution < 1.29 is 4.79 Å². The molecule has 2 fully saturated rings. The maximum atomic E-state index is 12.7. The summed E-state index contributed by atoms with van der Waals surface area (Å²) in [6, 6.07) is 10.1. The summed E-state index contributed by atoms with van der Waals surface area (Å²) in [5.74, 6) is 1.80. The molecule has 160 valence electrons. The molecule has 0 spiro atoms. The number of rotatable bonds is 5. The Balaban J connectivity index is 1.35. The lowest BCUT2D eigenvalue weighted by molar-refractivity contribution is -0.130. The molecule has 7 heteroatoms. The van der Waals surface area contributed by atoms with Gasteiger partial charge < -0.3 is 15.1 Å². The van der Waals surface area contributed by atoms with E-state index >= 15 is 0 Å². The molecule has 2 aromatic rings. The molecule has 6 nitrogen and oxygen atoms in total. The molecule has 1 amide bonds. The number of benzene rings is 1. The minimum absolute atomic E-state index is 0.126. The van der Waals surface area contributed by atoms with Crippen molar-refractivity contribution >= 4 is 29.3 Å². The van der Waals surface area contributed by atoms with Crippen LogP contribution >= 0.6 is 11.6 Å². The van der Waals surface area contributed by atoms with E-state index in [4.69, 9.17) is 16.6 Å². The van der Waals surface area contributed by atoms with Gasteiger partial charge in [-0.1, -0.05) is 49.1 Å². The first kappa shape index (κ1) is 20.9. The van der Waals surface area contributed by atoms with Crippen molar-refractivity contribution in [3.8, 4) is 0 Å². The predicted octanol–water partition coefficient (Wildman–Crippen LogP) is 4.07. The van der Waals surface area contributed by atoms with Crippen LogP contribution < -0.4 is 10.2 Å². The number of hydrogen-bond acceptors (Lipinski definition) is 5. The van der Waals surface area contributed by atoms with Crippen LogP contribution in [0.15, 0.2) is 30.3 Å². The van der Waals surface area contributed by atoms with Gasteiger partial charge in [0, 0.05) is 49.0 Å². The van der Waals surface area contributed by atoms with E-state index in [0.29, 0.717) is 30.6 Å². The number of hydrogen-bond donors (Lipinski definition) is 1. The van der Waals surface area contributed by atoms with E-state index in [0.717, 1.165) is 36.1 Å². The van der Waals surface area contributed by atoms with E-state index in [-0.39, 0.29) is 5.91 Å². The van der Waals surface area contributed by atoms with Gasteiger partial charge in [0.15, 0.2) is 0 Å². The molecule has 1 aromatic heterocycles. The molecule has 0 radical (unpaired) electrons. The van der Waals surface area contributed by atoms with Gasteiger partial charge in [-0.05, 0) is 31.4 Å². The molecule has 0 bridgehead atoms. The molecule has 0 unspecified atom stereocenters. The molecule has 1 aliphatic carbocycles. The van der Waals surface area contributed by atoms with E-state index in [1.807, 2.05) is 42.2 Å². The monoisotopic (exact) mass is 427 g/mol. The van der Waals surface area contributed by atoms with E-state index in [1.165, 1.54) is 32.1 Å². The van der Waals surface area contributed by atoms with Gasteiger partial charge in [0.25, 0.3) is 0 Å². The summed E-state index contributed by atoms with van der Waals surface area (Å²) in [5, 5.41) is 4.19.